The molecular formula is C18H25NO3. The van der Waals surface area contributed by atoms with Crippen LogP contribution in [0.25, 0.3) is 0 Å². The Bertz CT molecular complexity index is 488. The number of carboxylic acids is 1. The van der Waals surface area contributed by atoms with Gasteiger partial charge in [0.2, 0.25) is 5.91 Å². The van der Waals surface area contributed by atoms with Crippen LogP contribution in [0.4, 0.5) is 0 Å². The lowest BCUT2D eigenvalue weighted by molar-refractivity contribution is -0.122. The van der Waals surface area contributed by atoms with Gasteiger partial charge in [-0.05, 0) is 42.9 Å². The molecule has 1 aliphatic carbocycles. The van der Waals surface area contributed by atoms with Gasteiger partial charge in [0.15, 0.2) is 0 Å². The van der Waals surface area contributed by atoms with Crippen LogP contribution in [0.5, 0.6) is 0 Å². The molecule has 1 saturated carbocycles. The summed E-state index contributed by atoms with van der Waals surface area (Å²) in [5.74, 6) is -0.213. The van der Waals surface area contributed by atoms with Crippen LogP contribution in [0.15, 0.2) is 24.3 Å². The van der Waals surface area contributed by atoms with E-state index in [0.717, 1.165) is 12.0 Å². The summed E-state index contributed by atoms with van der Waals surface area (Å²) >= 11 is 0. The maximum atomic E-state index is 12.0. The number of carbonyl (C=O) groups is 2. The van der Waals surface area contributed by atoms with Gasteiger partial charge in [-0.15, -0.1) is 0 Å². The van der Waals surface area contributed by atoms with E-state index in [4.69, 9.17) is 5.11 Å². The maximum Gasteiger partial charge on any atom is 0.335 e. The highest BCUT2D eigenvalue weighted by molar-refractivity contribution is 5.87. The number of nitrogens with one attached hydrogen (secondary N) is 1. The van der Waals surface area contributed by atoms with Crippen LogP contribution in [0.1, 0.15) is 60.9 Å². The summed E-state index contributed by atoms with van der Waals surface area (Å²) in [7, 11) is 0. The van der Waals surface area contributed by atoms with E-state index < -0.39 is 5.97 Å². The first-order chi connectivity index (χ1) is 10.6. The molecule has 1 aromatic rings. The smallest absolute Gasteiger partial charge is 0.335 e. The Kier molecular flexibility index (Phi) is 6.44. The molecule has 0 radical (unpaired) electrons. The van der Waals surface area contributed by atoms with Crippen molar-refractivity contribution in [2.24, 2.45) is 5.92 Å². The van der Waals surface area contributed by atoms with E-state index in [-0.39, 0.29) is 5.91 Å². The topological polar surface area (TPSA) is 66.4 Å². The zero-order chi connectivity index (χ0) is 15.8. The number of rotatable bonds is 6. The van der Waals surface area contributed by atoms with Gasteiger partial charge in [-0.1, -0.05) is 37.8 Å². The van der Waals surface area contributed by atoms with E-state index in [1.807, 2.05) is 0 Å². The van der Waals surface area contributed by atoms with Gasteiger partial charge in [0, 0.05) is 13.0 Å². The van der Waals surface area contributed by atoms with Crippen molar-refractivity contribution in [2.75, 3.05) is 6.54 Å². The highest BCUT2D eigenvalue weighted by Crippen LogP contribution is 2.25. The number of hydrogen-bond donors (Lipinski definition) is 2. The number of carbonyl (C=O) groups excluding carboxylic acids is 1. The van der Waals surface area contributed by atoms with Gasteiger partial charge in [-0.25, -0.2) is 4.79 Å². The van der Waals surface area contributed by atoms with Crippen molar-refractivity contribution in [1.82, 2.24) is 5.32 Å². The highest BCUT2D eigenvalue weighted by Gasteiger charge is 2.15. The van der Waals surface area contributed by atoms with Crippen molar-refractivity contribution < 1.29 is 14.7 Å². The summed E-state index contributed by atoms with van der Waals surface area (Å²) in [6.07, 6.45) is 8.89. The lowest BCUT2D eigenvalue weighted by Gasteiger charge is -2.13. The van der Waals surface area contributed by atoms with Gasteiger partial charge in [0.05, 0.1) is 5.56 Å². The van der Waals surface area contributed by atoms with Gasteiger partial charge in [-0.2, -0.15) is 0 Å². The number of amides is 1. The van der Waals surface area contributed by atoms with Gasteiger partial charge in [0.1, 0.15) is 0 Å². The Labute approximate surface area is 131 Å². The molecule has 4 nitrogen and oxygen atoms in total. The molecule has 2 N–H and O–H groups in total. The molecule has 0 aromatic heterocycles. The van der Waals surface area contributed by atoms with Crippen LogP contribution in [0, 0.1) is 5.92 Å². The zero-order valence-electron chi connectivity index (χ0n) is 13.0. The third kappa shape index (κ3) is 5.51. The fourth-order valence-corrected chi connectivity index (χ4v) is 3.06. The number of aromatic carboxylic acids is 1. The summed E-state index contributed by atoms with van der Waals surface area (Å²) in [4.78, 5) is 22.7. The molecule has 0 atom stereocenters. The maximum absolute atomic E-state index is 12.0. The van der Waals surface area contributed by atoms with Crippen molar-refractivity contribution >= 4 is 11.9 Å². The summed E-state index contributed by atoms with van der Waals surface area (Å²) in [6.45, 7) is 0.609. The normalized spacial score (nSPS) is 16.0. The molecule has 1 amide bonds. The van der Waals surface area contributed by atoms with Crippen molar-refractivity contribution in [2.45, 2.75) is 51.4 Å². The van der Waals surface area contributed by atoms with Crippen LogP contribution < -0.4 is 5.32 Å². The first-order valence-electron chi connectivity index (χ1n) is 8.24. The second-order valence-corrected chi connectivity index (χ2v) is 6.16. The molecule has 0 spiro atoms. The molecular weight excluding hydrogens is 278 g/mol. The Morgan fingerprint density at radius 3 is 2.27 bits per heavy atom. The van der Waals surface area contributed by atoms with Crippen molar-refractivity contribution in [3.05, 3.63) is 35.4 Å². The molecule has 0 saturated heterocycles. The zero-order valence-corrected chi connectivity index (χ0v) is 13.0. The molecule has 2 rings (SSSR count). The van der Waals surface area contributed by atoms with Gasteiger partial charge in [-0.3, -0.25) is 4.79 Å². The summed E-state index contributed by atoms with van der Waals surface area (Å²) in [5, 5.41) is 11.8. The molecule has 22 heavy (non-hydrogen) atoms. The van der Waals surface area contributed by atoms with E-state index in [1.54, 1.807) is 24.3 Å². The second-order valence-electron chi connectivity index (χ2n) is 6.16. The molecule has 1 aliphatic rings. The van der Waals surface area contributed by atoms with E-state index in [1.165, 1.54) is 38.5 Å². The van der Waals surface area contributed by atoms with E-state index >= 15 is 0 Å². The minimum absolute atomic E-state index is 0.147. The van der Waals surface area contributed by atoms with E-state index in [0.29, 0.717) is 24.4 Å². The Balaban J connectivity index is 1.68. The first kappa shape index (κ1) is 16.5. The van der Waals surface area contributed by atoms with Crippen molar-refractivity contribution in [3.63, 3.8) is 0 Å². The molecule has 0 heterocycles. The number of carboxylic acid groups (broad SMARTS) is 1. The van der Waals surface area contributed by atoms with Gasteiger partial charge >= 0.3 is 5.97 Å². The number of benzene rings is 1. The average Bonchev–Trinajstić information content (AvgIpc) is 2.76. The summed E-state index contributed by atoms with van der Waals surface area (Å²) < 4.78 is 0. The molecule has 120 valence electrons. The van der Waals surface area contributed by atoms with E-state index in [9.17, 15) is 9.59 Å². The largest absolute Gasteiger partial charge is 0.478 e. The quantitative estimate of drug-likeness (QED) is 0.791. The van der Waals surface area contributed by atoms with Crippen LogP contribution in [0.2, 0.25) is 0 Å². The number of hydrogen-bond acceptors (Lipinski definition) is 2. The van der Waals surface area contributed by atoms with Crippen molar-refractivity contribution in [3.8, 4) is 0 Å². The van der Waals surface area contributed by atoms with Gasteiger partial charge < -0.3 is 10.4 Å². The fraction of sp³-hybridized carbons (Fsp3) is 0.556. The standard InChI is InChI=1S/C18H25NO3/c20-17(13-15-5-3-1-2-4-6-15)19-12-11-14-7-9-16(10-8-14)18(21)22/h7-10,15H,1-6,11-13H2,(H,19,20)(H,21,22). The fourth-order valence-electron chi connectivity index (χ4n) is 3.06. The summed E-state index contributed by atoms with van der Waals surface area (Å²) in [5.41, 5.74) is 1.33. The molecule has 1 aromatic carbocycles. The van der Waals surface area contributed by atoms with Crippen LogP contribution >= 0.6 is 0 Å². The van der Waals surface area contributed by atoms with E-state index in [2.05, 4.69) is 5.32 Å². The van der Waals surface area contributed by atoms with Crippen molar-refractivity contribution in [1.29, 1.82) is 0 Å². The minimum atomic E-state index is -0.914. The molecule has 1 fully saturated rings. The molecule has 4 heteroatoms. The average molecular weight is 303 g/mol. The minimum Gasteiger partial charge on any atom is -0.478 e. The SMILES string of the molecule is O=C(CC1CCCCCC1)NCCc1ccc(C(=O)O)cc1. The lowest BCUT2D eigenvalue weighted by Crippen LogP contribution is -2.27. The second kappa shape index (κ2) is 8.57. The van der Waals surface area contributed by atoms with Crippen LogP contribution in [0.3, 0.4) is 0 Å². The summed E-state index contributed by atoms with van der Waals surface area (Å²) in [6, 6.07) is 6.82. The third-order valence-electron chi connectivity index (χ3n) is 4.39. The molecule has 0 unspecified atom stereocenters. The first-order valence-corrected chi connectivity index (χ1v) is 8.24. The Morgan fingerprint density at radius 1 is 1.05 bits per heavy atom. The highest BCUT2D eigenvalue weighted by atomic mass is 16.4. The predicted octanol–water partition coefficient (Wildman–Crippen LogP) is 3.40. The lowest BCUT2D eigenvalue weighted by atomic mass is 9.96. The predicted molar refractivity (Wildman–Crippen MR) is 85.9 cm³/mol. The Morgan fingerprint density at radius 2 is 1.68 bits per heavy atom. The monoisotopic (exact) mass is 303 g/mol. The molecule has 0 aliphatic heterocycles. The van der Waals surface area contributed by atoms with Gasteiger partial charge in [0.25, 0.3) is 0 Å². The Hall–Kier alpha value is -1.84. The van der Waals surface area contributed by atoms with Crippen LogP contribution in [-0.4, -0.2) is 23.5 Å². The molecule has 0 bridgehead atoms. The third-order valence-corrected chi connectivity index (χ3v) is 4.39. The van der Waals surface area contributed by atoms with Crippen LogP contribution in [-0.2, 0) is 11.2 Å².